The molecular weight excluding hydrogens is 224 g/mol. The largest absolute Gasteiger partial charge is 0.379 e. The second-order valence-corrected chi connectivity index (χ2v) is 4.66. The molecule has 0 aliphatic heterocycles. The third kappa shape index (κ3) is 2.97. The van der Waals surface area contributed by atoms with E-state index in [-0.39, 0.29) is 0 Å². The minimum Gasteiger partial charge on any atom is -0.379 e. The number of thiazole rings is 1. The first-order valence-corrected chi connectivity index (χ1v) is 6.80. The monoisotopic (exact) mass is 236 g/mol. The van der Waals surface area contributed by atoms with E-state index >= 15 is 0 Å². The van der Waals surface area contributed by atoms with Crippen molar-refractivity contribution < 1.29 is 0 Å². The molecule has 0 amide bonds. The molecule has 2 rings (SSSR count). The van der Waals surface area contributed by atoms with Crippen molar-refractivity contribution in [3.8, 4) is 0 Å². The number of aromatic nitrogens is 1. The number of hydrogen-bond acceptors (Lipinski definition) is 4. The molecule has 0 aliphatic rings. The van der Waals surface area contributed by atoms with Gasteiger partial charge >= 0.3 is 0 Å². The smallest absolute Gasteiger partial charge is 0.0795 e. The van der Waals surface area contributed by atoms with Crippen LogP contribution in [0, 0.1) is 0 Å². The SMILES string of the molecule is CSc1ccc(NCc2cscn2)cc1. The highest BCUT2D eigenvalue weighted by molar-refractivity contribution is 7.98. The quantitative estimate of drug-likeness (QED) is 0.823. The Labute approximate surface area is 97.8 Å². The van der Waals surface area contributed by atoms with Crippen molar-refractivity contribution in [3.63, 3.8) is 0 Å². The molecule has 2 nitrogen and oxygen atoms in total. The zero-order valence-electron chi connectivity index (χ0n) is 8.43. The summed E-state index contributed by atoms with van der Waals surface area (Å²) >= 11 is 3.38. The highest BCUT2D eigenvalue weighted by Gasteiger charge is 1.95. The van der Waals surface area contributed by atoms with Gasteiger partial charge in [0.05, 0.1) is 17.7 Å². The summed E-state index contributed by atoms with van der Waals surface area (Å²) in [4.78, 5) is 5.50. The lowest BCUT2D eigenvalue weighted by Crippen LogP contribution is -1.98. The van der Waals surface area contributed by atoms with Gasteiger partial charge in [0, 0.05) is 16.0 Å². The zero-order chi connectivity index (χ0) is 10.5. The third-order valence-corrected chi connectivity index (χ3v) is 3.43. The van der Waals surface area contributed by atoms with Gasteiger partial charge in [-0.2, -0.15) is 0 Å². The normalized spacial score (nSPS) is 10.2. The van der Waals surface area contributed by atoms with Crippen LogP contribution in [-0.2, 0) is 6.54 Å². The second-order valence-electron chi connectivity index (χ2n) is 3.06. The minimum absolute atomic E-state index is 0.794. The van der Waals surface area contributed by atoms with Gasteiger partial charge in [-0.25, -0.2) is 4.98 Å². The van der Waals surface area contributed by atoms with Crippen LogP contribution in [0.1, 0.15) is 5.69 Å². The van der Waals surface area contributed by atoms with Gasteiger partial charge in [-0.1, -0.05) is 0 Å². The summed E-state index contributed by atoms with van der Waals surface area (Å²) in [5, 5.41) is 5.39. The van der Waals surface area contributed by atoms with Crippen molar-refractivity contribution in [2.45, 2.75) is 11.4 Å². The number of hydrogen-bond donors (Lipinski definition) is 1. The molecule has 15 heavy (non-hydrogen) atoms. The Hall–Kier alpha value is -1.00. The molecule has 0 unspecified atom stereocenters. The number of rotatable bonds is 4. The lowest BCUT2D eigenvalue weighted by Gasteiger charge is -2.04. The fourth-order valence-corrected chi connectivity index (χ4v) is 2.19. The van der Waals surface area contributed by atoms with Crippen molar-refractivity contribution in [2.75, 3.05) is 11.6 Å². The van der Waals surface area contributed by atoms with Crippen LogP contribution < -0.4 is 5.32 Å². The van der Waals surface area contributed by atoms with E-state index in [2.05, 4.69) is 46.2 Å². The molecule has 0 saturated carbocycles. The predicted molar refractivity (Wildman–Crippen MR) is 67.7 cm³/mol. The van der Waals surface area contributed by atoms with Crippen molar-refractivity contribution in [1.82, 2.24) is 4.98 Å². The van der Waals surface area contributed by atoms with Crippen LogP contribution in [0.25, 0.3) is 0 Å². The molecular formula is C11H12N2S2. The first-order valence-electron chi connectivity index (χ1n) is 4.63. The van der Waals surface area contributed by atoms with Crippen molar-refractivity contribution in [1.29, 1.82) is 0 Å². The molecule has 0 aliphatic carbocycles. The van der Waals surface area contributed by atoms with E-state index in [1.54, 1.807) is 23.1 Å². The number of nitrogens with one attached hydrogen (secondary N) is 1. The van der Waals surface area contributed by atoms with Crippen LogP contribution in [0.2, 0.25) is 0 Å². The van der Waals surface area contributed by atoms with Crippen LogP contribution in [0.4, 0.5) is 5.69 Å². The van der Waals surface area contributed by atoms with Crippen molar-refractivity contribution in [2.24, 2.45) is 0 Å². The Morgan fingerprint density at radius 2 is 2.13 bits per heavy atom. The molecule has 0 fully saturated rings. The summed E-state index contributed by atoms with van der Waals surface area (Å²) in [7, 11) is 0. The van der Waals surface area contributed by atoms with Crippen LogP contribution in [0.15, 0.2) is 40.1 Å². The van der Waals surface area contributed by atoms with E-state index in [9.17, 15) is 0 Å². The first-order chi connectivity index (χ1) is 7.38. The molecule has 0 spiro atoms. The maximum atomic E-state index is 4.22. The molecule has 0 radical (unpaired) electrons. The summed E-state index contributed by atoms with van der Waals surface area (Å²) in [6.07, 6.45) is 2.08. The molecule has 0 saturated heterocycles. The van der Waals surface area contributed by atoms with Gasteiger partial charge in [-0.3, -0.25) is 0 Å². The van der Waals surface area contributed by atoms with Gasteiger partial charge in [-0.15, -0.1) is 23.1 Å². The maximum Gasteiger partial charge on any atom is 0.0795 e. The molecule has 1 heterocycles. The summed E-state index contributed by atoms with van der Waals surface area (Å²) in [5.41, 5.74) is 4.09. The first kappa shape index (κ1) is 10.5. The van der Waals surface area contributed by atoms with E-state index < -0.39 is 0 Å². The molecule has 4 heteroatoms. The highest BCUT2D eigenvalue weighted by Crippen LogP contribution is 2.17. The van der Waals surface area contributed by atoms with Gasteiger partial charge < -0.3 is 5.32 Å². The Bertz CT molecular complexity index is 395. The van der Waals surface area contributed by atoms with Gasteiger partial charge in [0.1, 0.15) is 0 Å². The van der Waals surface area contributed by atoms with Crippen LogP contribution in [0.3, 0.4) is 0 Å². The fourth-order valence-electron chi connectivity index (χ4n) is 1.23. The molecule has 1 N–H and O–H groups in total. The van der Waals surface area contributed by atoms with Crippen molar-refractivity contribution >= 4 is 28.8 Å². The molecule has 1 aromatic heterocycles. The Morgan fingerprint density at radius 1 is 1.33 bits per heavy atom. The molecule has 0 bridgehead atoms. The zero-order valence-corrected chi connectivity index (χ0v) is 10.1. The average Bonchev–Trinajstić information content (AvgIpc) is 2.80. The molecule has 2 aromatic rings. The van der Waals surface area contributed by atoms with Crippen LogP contribution >= 0.6 is 23.1 Å². The Balaban J connectivity index is 1.93. The van der Waals surface area contributed by atoms with E-state index in [0.29, 0.717) is 0 Å². The van der Waals surface area contributed by atoms with E-state index in [0.717, 1.165) is 17.9 Å². The van der Waals surface area contributed by atoms with E-state index in [1.165, 1.54) is 4.90 Å². The lowest BCUT2D eigenvalue weighted by molar-refractivity contribution is 1.07. The van der Waals surface area contributed by atoms with Gasteiger partial charge in [-0.05, 0) is 30.5 Å². The number of benzene rings is 1. The predicted octanol–water partition coefficient (Wildman–Crippen LogP) is 3.48. The average molecular weight is 236 g/mol. The van der Waals surface area contributed by atoms with Gasteiger partial charge in [0.25, 0.3) is 0 Å². The number of thioether (sulfide) groups is 1. The molecule has 0 atom stereocenters. The number of nitrogens with zero attached hydrogens (tertiary/aromatic N) is 1. The standard InChI is InChI=1S/C11H12N2S2/c1-14-11-4-2-9(3-5-11)12-6-10-7-15-8-13-10/h2-5,7-8,12H,6H2,1H3. The van der Waals surface area contributed by atoms with Crippen LogP contribution in [0.5, 0.6) is 0 Å². The van der Waals surface area contributed by atoms with Gasteiger partial charge in [0.15, 0.2) is 0 Å². The Kier molecular flexibility index (Phi) is 3.64. The second kappa shape index (κ2) is 5.19. The third-order valence-electron chi connectivity index (χ3n) is 2.05. The summed E-state index contributed by atoms with van der Waals surface area (Å²) in [6, 6.07) is 8.43. The summed E-state index contributed by atoms with van der Waals surface area (Å²) in [5.74, 6) is 0. The van der Waals surface area contributed by atoms with Crippen LogP contribution in [-0.4, -0.2) is 11.2 Å². The molecule has 1 aromatic carbocycles. The topological polar surface area (TPSA) is 24.9 Å². The fraction of sp³-hybridized carbons (Fsp3) is 0.182. The summed E-state index contributed by atoms with van der Waals surface area (Å²) in [6.45, 7) is 0.794. The Morgan fingerprint density at radius 3 is 2.73 bits per heavy atom. The minimum atomic E-state index is 0.794. The highest BCUT2D eigenvalue weighted by atomic mass is 32.2. The maximum absolute atomic E-state index is 4.22. The van der Waals surface area contributed by atoms with Crippen molar-refractivity contribution in [3.05, 3.63) is 40.8 Å². The van der Waals surface area contributed by atoms with Gasteiger partial charge in [0.2, 0.25) is 0 Å². The number of anilines is 1. The lowest BCUT2D eigenvalue weighted by atomic mass is 10.3. The summed E-state index contributed by atoms with van der Waals surface area (Å²) < 4.78 is 0. The molecule has 78 valence electrons. The van der Waals surface area contributed by atoms with E-state index in [1.807, 2.05) is 5.51 Å². The van der Waals surface area contributed by atoms with E-state index in [4.69, 9.17) is 0 Å².